The number of rotatable bonds is 3. The molecule has 1 aliphatic heterocycles. The van der Waals surface area contributed by atoms with Crippen molar-refractivity contribution in [2.45, 2.75) is 32.5 Å². The second kappa shape index (κ2) is 4.99. The Labute approximate surface area is 105 Å². The van der Waals surface area contributed by atoms with Gasteiger partial charge in [0.05, 0.1) is 11.8 Å². The lowest BCUT2D eigenvalue weighted by atomic mass is 10.1. The summed E-state index contributed by atoms with van der Waals surface area (Å²) < 4.78 is 7.63. The molecule has 1 fully saturated rings. The highest BCUT2D eigenvalue weighted by atomic mass is 16.5. The molecule has 96 valence electrons. The minimum absolute atomic E-state index is 0.323. The quantitative estimate of drug-likeness (QED) is 0.865. The molecular weight excluding hydrogens is 230 g/mol. The molecule has 0 aromatic carbocycles. The molecule has 0 atom stereocenters. The molecule has 0 radical (unpaired) electrons. The van der Waals surface area contributed by atoms with Crippen molar-refractivity contribution in [3.8, 4) is 0 Å². The van der Waals surface area contributed by atoms with E-state index in [0.717, 1.165) is 43.1 Å². The van der Waals surface area contributed by atoms with E-state index >= 15 is 0 Å². The predicted octanol–water partition coefficient (Wildman–Crippen LogP) is 0.701. The lowest BCUT2D eigenvalue weighted by Crippen LogP contribution is -2.32. The summed E-state index contributed by atoms with van der Waals surface area (Å²) in [6.45, 7) is 4.49. The molecule has 0 amide bonds. The van der Waals surface area contributed by atoms with Crippen molar-refractivity contribution in [1.29, 1.82) is 0 Å². The normalized spacial score (nSPS) is 17.4. The Morgan fingerprint density at radius 1 is 1.33 bits per heavy atom. The summed E-state index contributed by atoms with van der Waals surface area (Å²) in [5.74, 6) is 0.771. The number of piperidine rings is 1. The summed E-state index contributed by atoms with van der Waals surface area (Å²) in [5.41, 5.74) is 1.72. The molecule has 0 spiro atoms. The van der Waals surface area contributed by atoms with Gasteiger partial charge in [0.25, 0.3) is 0 Å². The average molecular weight is 247 g/mol. The minimum Gasteiger partial charge on any atom is -0.370 e. The lowest BCUT2D eigenvalue weighted by molar-refractivity contribution is 0.0170. The van der Waals surface area contributed by atoms with E-state index in [1.165, 1.54) is 0 Å². The van der Waals surface area contributed by atoms with Gasteiger partial charge in [0.2, 0.25) is 0 Å². The maximum atomic E-state index is 5.87. The van der Waals surface area contributed by atoms with Gasteiger partial charge in [0.1, 0.15) is 6.61 Å². The fourth-order valence-electron chi connectivity index (χ4n) is 2.17. The molecule has 6 heteroatoms. The Balaban J connectivity index is 1.72. The van der Waals surface area contributed by atoms with Gasteiger partial charge in [-0.2, -0.15) is 9.61 Å². The zero-order chi connectivity index (χ0) is 12.4. The van der Waals surface area contributed by atoms with Gasteiger partial charge in [0, 0.05) is 0 Å². The standard InChI is InChI=1S/C12H17N5O/c1-9-2-3-11-14-15-12(17(11)16-9)8-18-10-4-6-13-7-5-10/h2-3,10,13H,4-8H2,1H3. The summed E-state index contributed by atoms with van der Waals surface area (Å²) in [6, 6.07) is 3.85. The van der Waals surface area contributed by atoms with Crippen molar-refractivity contribution in [3.05, 3.63) is 23.7 Å². The van der Waals surface area contributed by atoms with Crippen LogP contribution in [-0.4, -0.2) is 39.0 Å². The van der Waals surface area contributed by atoms with Gasteiger partial charge in [0.15, 0.2) is 11.5 Å². The lowest BCUT2D eigenvalue weighted by Gasteiger charge is -2.22. The van der Waals surface area contributed by atoms with Crippen molar-refractivity contribution >= 4 is 5.65 Å². The highest BCUT2D eigenvalue weighted by molar-refractivity contribution is 5.35. The number of hydrogen-bond acceptors (Lipinski definition) is 5. The Morgan fingerprint density at radius 2 is 2.17 bits per heavy atom. The van der Waals surface area contributed by atoms with Gasteiger partial charge >= 0.3 is 0 Å². The second-order valence-electron chi connectivity index (χ2n) is 4.62. The van der Waals surface area contributed by atoms with Crippen LogP contribution >= 0.6 is 0 Å². The summed E-state index contributed by atoms with van der Waals surface area (Å²) in [7, 11) is 0. The molecule has 0 bridgehead atoms. The summed E-state index contributed by atoms with van der Waals surface area (Å²) in [4.78, 5) is 0. The number of nitrogens with zero attached hydrogens (tertiary/aromatic N) is 4. The van der Waals surface area contributed by atoms with Crippen molar-refractivity contribution in [2.75, 3.05) is 13.1 Å². The van der Waals surface area contributed by atoms with Crippen molar-refractivity contribution in [3.63, 3.8) is 0 Å². The topological polar surface area (TPSA) is 64.3 Å². The van der Waals surface area contributed by atoms with E-state index in [1.807, 2.05) is 19.1 Å². The van der Waals surface area contributed by atoms with Crippen LogP contribution in [0.5, 0.6) is 0 Å². The van der Waals surface area contributed by atoms with Crippen LogP contribution in [0, 0.1) is 6.92 Å². The summed E-state index contributed by atoms with van der Waals surface area (Å²) >= 11 is 0. The molecule has 1 N–H and O–H groups in total. The molecule has 18 heavy (non-hydrogen) atoms. The number of hydrogen-bond donors (Lipinski definition) is 1. The van der Waals surface area contributed by atoms with E-state index in [0.29, 0.717) is 12.7 Å². The highest BCUT2D eigenvalue weighted by Gasteiger charge is 2.15. The van der Waals surface area contributed by atoms with Crippen LogP contribution in [0.1, 0.15) is 24.4 Å². The fourth-order valence-corrected chi connectivity index (χ4v) is 2.17. The molecule has 0 aliphatic carbocycles. The number of ether oxygens (including phenoxy) is 1. The van der Waals surface area contributed by atoms with Gasteiger partial charge < -0.3 is 10.1 Å². The zero-order valence-corrected chi connectivity index (χ0v) is 10.5. The van der Waals surface area contributed by atoms with Crippen LogP contribution in [-0.2, 0) is 11.3 Å². The van der Waals surface area contributed by atoms with Crippen LogP contribution in [0.4, 0.5) is 0 Å². The molecule has 0 saturated carbocycles. The smallest absolute Gasteiger partial charge is 0.180 e. The summed E-state index contributed by atoms with van der Waals surface area (Å²) in [5, 5.41) is 15.9. The minimum atomic E-state index is 0.323. The van der Waals surface area contributed by atoms with Crippen LogP contribution in [0.15, 0.2) is 12.1 Å². The van der Waals surface area contributed by atoms with Crippen molar-refractivity contribution < 1.29 is 4.74 Å². The Bertz CT molecular complexity index is 532. The summed E-state index contributed by atoms with van der Waals surface area (Å²) in [6.07, 6.45) is 2.44. The van der Waals surface area contributed by atoms with E-state index < -0.39 is 0 Å². The molecule has 2 aromatic rings. The third kappa shape index (κ3) is 2.34. The van der Waals surface area contributed by atoms with E-state index in [4.69, 9.17) is 4.74 Å². The highest BCUT2D eigenvalue weighted by Crippen LogP contribution is 2.10. The molecule has 1 aliphatic rings. The zero-order valence-electron chi connectivity index (χ0n) is 10.5. The van der Waals surface area contributed by atoms with Crippen LogP contribution in [0.2, 0.25) is 0 Å². The van der Waals surface area contributed by atoms with Crippen LogP contribution < -0.4 is 5.32 Å². The number of fused-ring (bicyclic) bond motifs is 1. The van der Waals surface area contributed by atoms with E-state index in [-0.39, 0.29) is 0 Å². The first-order valence-corrected chi connectivity index (χ1v) is 6.33. The number of aromatic nitrogens is 4. The number of nitrogens with one attached hydrogen (secondary N) is 1. The molecule has 2 aromatic heterocycles. The first-order chi connectivity index (χ1) is 8.83. The van der Waals surface area contributed by atoms with Crippen molar-refractivity contribution in [1.82, 2.24) is 25.1 Å². The van der Waals surface area contributed by atoms with Gasteiger partial charge in [-0.05, 0) is 45.0 Å². The first-order valence-electron chi connectivity index (χ1n) is 6.33. The van der Waals surface area contributed by atoms with E-state index in [9.17, 15) is 0 Å². The average Bonchev–Trinajstić information content (AvgIpc) is 2.80. The van der Waals surface area contributed by atoms with Crippen LogP contribution in [0.3, 0.4) is 0 Å². The Kier molecular flexibility index (Phi) is 3.21. The molecule has 1 saturated heterocycles. The number of aryl methyl sites for hydroxylation is 1. The first kappa shape index (κ1) is 11.6. The predicted molar refractivity (Wildman–Crippen MR) is 66.2 cm³/mol. The second-order valence-corrected chi connectivity index (χ2v) is 4.62. The van der Waals surface area contributed by atoms with Gasteiger partial charge in [-0.25, -0.2) is 0 Å². The SMILES string of the molecule is Cc1ccc2nnc(COC3CCNCC3)n2n1. The van der Waals surface area contributed by atoms with E-state index in [1.54, 1.807) is 4.52 Å². The molecule has 6 nitrogen and oxygen atoms in total. The largest absolute Gasteiger partial charge is 0.370 e. The van der Waals surface area contributed by atoms with Crippen LogP contribution in [0.25, 0.3) is 5.65 Å². The van der Waals surface area contributed by atoms with Gasteiger partial charge in [-0.1, -0.05) is 0 Å². The molecule has 3 heterocycles. The third-order valence-electron chi connectivity index (χ3n) is 3.20. The Morgan fingerprint density at radius 3 is 3.00 bits per heavy atom. The maximum Gasteiger partial charge on any atom is 0.180 e. The van der Waals surface area contributed by atoms with Crippen molar-refractivity contribution in [2.24, 2.45) is 0 Å². The third-order valence-corrected chi connectivity index (χ3v) is 3.20. The molecule has 0 unspecified atom stereocenters. The van der Waals surface area contributed by atoms with Gasteiger partial charge in [-0.3, -0.25) is 0 Å². The monoisotopic (exact) mass is 247 g/mol. The Hall–Kier alpha value is -1.53. The van der Waals surface area contributed by atoms with Gasteiger partial charge in [-0.15, -0.1) is 10.2 Å². The fraction of sp³-hybridized carbons (Fsp3) is 0.583. The molecule has 3 rings (SSSR count). The maximum absolute atomic E-state index is 5.87. The molecular formula is C12H17N5O. The van der Waals surface area contributed by atoms with E-state index in [2.05, 4.69) is 20.6 Å².